The van der Waals surface area contributed by atoms with Crippen LogP contribution in [-0.4, -0.2) is 44.6 Å². The van der Waals surface area contributed by atoms with Crippen molar-refractivity contribution in [3.8, 4) is 5.75 Å². The summed E-state index contributed by atoms with van der Waals surface area (Å²) in [5, 5.41) is 14.5. The highest BCUT2D eigenvalue weighted by atomic mass is 16.5. The van der Waals surface area contributed by atoms with Crippen LogP contribution in [0.3, 0.4) is 0 Å². The highest BCUT2D eigenvalue weighted by Gasteiger charge is 2.06. The molecule has 0 aliphatic heterocycles. The lowest BCUT2D eigenvalue weighted by Crippen LogP contribution is -2.36. The van der Waals surface area contributed by atoms with E-state index in [1.807, 2.05) is 0 Å². The van der Waals surface area contributed by atoms with E-state index >= 15 is 0 Å². The Hall–Kier alpha value is -1.79. The highest BCUT2D eigenvalue weighted by Crippen LogP contribution is 2.14. The lowest BCUT2D eigenvalue weighted by atomic mass is 10.3. The van der Waals surface area contributed by atoms with Gasteiger partial charge in [0.1, 0.15) is 5.75 Å². The summed E-state index contributed by atoms with van der Waals surface area (Å²) < 4.78 is 9.75. The van der Waals surface area contributed by atoms with Gasteiger partial charge in [0, 0.05) is 19.3 Å². The molecule has 0 radical (unpaired) electrons. The van der Waals surface area contributed by atoms with Gasteiger partial charge < -0.3 is 25.2 Å². The molecular weight excluding hydrogens is 236 g/mol. The standard InChI is InChI=1S/C12H18N2O4/c1-17-8-10(15)7-13-12(16)14-9-3-5-11(18-2)6-4-9/h3-6,10,15H,7-8H2,1-2H3,(H2,13,14,16). The molecule has 0 bridgehead atoms. The predicted molar refractivity (Wildman–Crippen MR) is 67.9 cm³/mol. The van der Waals surface area contributed by atoms with Crippen molar-refractivity contribution >= 4 is 11.7 Å². The number of hydrogen-bond acceptors (Lipinski definition) is 4. The minimum absolute atomic E-state index is 0.135. The maximum atomic E-state index is 11.5. The van der Waals surface area contributed by atoms with Crippen LogP contribution in [0.4, 0.5) is 10.5 Å². The van der Waals surface area contributed by atoms with Crippen molar-refractivity contribution in [2.75, 3.05) is 32.7 Å². The van der Waals surface area contributed by atoms with E-state index in [4.69, 9.17) is 9.47 Å². The van der Waals surface area contributed by atoms with Crippen LogP contribution in [0.1, 0.15) is 0 Å². The van der Waals surface area contributed by atoms with Gasteiger partial charge in [0.15, 0.2) is 0 Å². The Balaban J connectivity index is 2.35. The lowest BCUT2D eigenvalue weighted by Gasteiger charge is -2.11. The fraction of sp³-hybridized carbons (Fsp3) is 0.417. The number of amides is 2. The Morgan fingerprint density at radius 3 is 2.56 bits per heavy atom. The fourth-order valence-electron chi connectivity index (χ4n) is 1.31. The molecule has 0 fully saturated rings. The first-order valence-corrected chi connectivity index (χ1v) is 5.51. The maximum Gasteiger partial charge on any atom is 0.319 e. The zero-order valence-electron chi connectivity index (χ0n) is 10.5. The van der Waals surface area contributed by atoms with Crippen LogP contribution in [0.5, 0.6) is 5.75 Å². The van der Waals surface area contributed by atoms with E-state index in [2.05, 4.69) is 10.6 Å². The van der Waals surface area contributed by atoms with Gasteiger partial charge in [-0.1, -0.05) is 0 Å². The topological polar surface area (TPSA) is 79.8 Å². The Morgan fingerprint density at radius 1 is 1.33 bits per heavy atom. The second-order valence-electron chi connectivity index (χ2n) is 3.67. The lowest BCUT2D eigenvalue weighted by molar-refractivity contribution is 0.0663. The molecule has 1 aromatic carbocycles. The van der Waals surface area contributed by atoms with Gasteiger partial charge in [0.25, 0.3) is 0 Å². The van der Waals surface area contributed by atoms with E-state index in [1.165, 1.54) is 7.11 Å². The van der Waals surface area contributed by atoms with Crippen molar-refractivity contribution in [1.82, 2.24) is 5.32 Å². The summed E-state index contributed by atoms with van der Waals surface area (Å²) in [6.07, 6.45) is -0.711. The molecule has 0 saturated heterocycles. The van der Waals surface area contributed by atoms with Crippen molar-refractivity contribution in [2.24, 2.45) is 0 Å². The predicted octanol–water partition coefficient (Wildman–Crippen LogP) is 0.824. The minimum atomic E-state index is -0.711. The Morgan fingerprint density at radius 2 is 2.00 bits per heavy atom. The average molecular weight is 254 g/mol. The van der Waals surface area contributed by atoms with Gasteiger partial charge in [-0.05, 0) is 24.3 Å². The van der Waals surface area contributed by atoms with Crippen LogP contribution in [-0.2, 0) is 4.74 Å². The van der Waals surface area contributed by atoms with E-state index in [0.717, 1.165) is 5.75 Å². The van der Waals surface area contributed by atoms with Crippen molar-refractivity contribution in [2.45, 2.75) is 6.10 Å². The molecule has 1 aromatic rings. The molecule has 1 rings (SSSR count). The first-order valence-electron chi connectivity index (χ1n) is 5.51. The number of aliphatic hydroxyl groups excluding tert-OH is 1. The van der Waals surface area contributed by atoms with E-state index in [1.54, 1.807) is 31.4 Å². The second-order valence-corrected chi connectivity index (χ2v) is 3.67. The molecule has 18 heavy (non-hydrogen) atoms. The zero-order chi connectivity index (χ0) is 13.4. The molecule has 100 valence electrons. The molecule has 6 nitrogen and oxygen atoms in total. The molecule has 6 heteroatoms. The van der Waals surface area contributed by atoms with E-state index in [9.17, 15) is 9.90 Å². The quantitative estimate of drug-likeness (QED) is 0.702. The number of ether oxygens (including phenoxy) is 2. The maximum absolute atomic E-state index is 11.5. The highest BCUT2D eigenvalue weighted by molar-refractivity contribution is 5.89. The Bertz CT molecular complexity index is 367. The third-order valence-electron chi connectivity index (χ3n) is 2.21. The number of carbonyl (C=O) groups excluding carboxylic acids is 1. The number of aliphatic hydroxyl groups is 1. The van der Waals surface area contributed by atoms with Crippen LogP contribution in [0.25, 0.3) is 0 Å². The molecule has 0 spiro atoms. The van der Waals surface area contributed by atoms with E-state index in [0.29, 0.717) is 5.69 Å². The first kappa shape index (κ1) is 14.3. The smallest absolute Gasteiger partial charge is 0.319 e. The van der Waals surface area contributed by atoms with Crippen LogP contribution < -0.4 is 15.4 Å². The van der Waals surface area contributed by atoms with Gasteiger partial charge in [-0.15, -0.1) is 0 Å². The SMILES string of the molecule is COCC(O)CNC(=O)Nc1ccc(OC)cc1. The number of hydrogen-bond donors (Lipinski definition) is 3. The molecule has 1 atom stereocenters. The van der Waals surface area contributed by atoms with Gasteiger partial charge in [-0.3, -0.25) is 0 Å². The van der Waals surface area contributed by atoms with Gasteiger partial charge in [0.05, 0.1) is 19.8 Å². The molecule has 0 aliphatic rings. The summed E-state index contributed by atoms with van der Waals surface area (Å²) >= 11 is 0. The number of urea groups is 1. The normalized spacial score (nSPS) is 11.7. The minimum Gasteiger partial charge on any atom is -0.497 e. The monoisotopic (exact) mass is 254 g/mol. The fourth-order valence-corrected chi connectivity index (χ4v) is 1.31. The van der Waals surface area contributed by atoms with Crippen molar-refractivity contribution in [3.63, 3.8) is 0 Å². The molecule has 3 N–H and O–H groups in total. The first-order chi connectivity index (χ1) is 8.65. The second kappa shape index (κ2) is 7.52. The zero-order valence-corrected chi connectivity index (χ0v) is 10.5. The summed E-state index contributed by atoms with van der Waals surface area (Å²) in [5.74, 6) is 0.719. The largest absolute Gasteiger partial charge is 0.497 e. The number of methoxy groups -OCH3 is 2. The summed E-state index contributed by atoms with van der Waals surface area (Å²) in [7, 11) is 3.06. The summed E-state index contributed by atoms with van der Waals surface area (Å²) in [6, 6.07) is 6.56. The summed E-state index contributed by atoms with van der Waals surface area (Å²) in [6.45, 7) is 0.318. The van der Waals surface area contributed by atoms with Crippen LogP contribution in [0.2, 0.25) is 0 Å². The van der Waals surface area contributed by atoms with E-state index < -0.39 is 6.10 Å². The molecule has 2 amide bonds. The van der Waals surface area contributed by atoms with Crippen LogP contribution in [0, 0.1) is 0 Å². The van der Waals surface area contributed by atoms with Gasteiger partial charge in [-0.25, -0.2) is 4.79 Å². The van der Waals surface area contributed by atoms with Gasteiger partial charge in [-0.2, -0.15) is 0 Å². The van der Waals surface area contributed by atoms with Crippen molar-refractivity contribution < 1.29 is 19.4 Å². The molecule has 0 heterocycles. The molecular formula is C12H18N2O4. The van der Waals surface area contributed by atoms with Crippen molar-refractivity contribution in [3.05, 3.63) is 24.3 Å². The number of carbonyl (C=O) groups is 1. The number of rotatable bonds is 6. The van der Waals surface area contributed by atoms with Gasteiger partial charge >= 0.3 is 6.03 Å². The average Bonchev–Trinajstić information content (AvgIpc) is 2.38. The molecule has 1 unspecified atom stereocenters. The molecule has 0 aliphatic carbocycles. The third-order valence-corrected chi connectivity index (χ3v) is 2.21. The number of anilines is 1. The third kappa shape index (κ3) is 5.03. The Kier molecular flexibility index (Phi) is 5.96. The van der Waals surface area contributed by atoms with Gasteiger partial charge in [0.2, 0.25) is 0 Å². The number of benzene rings is 1. The molecule has 0 saturated carbocycles. The van der Waals surface area contributed by atoms with Crippen LogP contribution in [0.15, 0.2) is 24.3 Å². The van der Waals surface area contributed by atoms with Crippen LogP contribution >= 0.6 is 0 Å². The summed E-state index contributed by atoms with van der Waals surface area (Å²) in [4.78, 5) is 11.5. The summed E-state index contributed by atoms with van der Waals surface area (Å²) in [5.41, 5.74) is 0.648. The van der Waals surface area contributed by atoms with E-state index in [-0.39, 0.29) is 19.2 Å². The molecule has 0 aromatic heterocycles. The van der Waals surface area contributed by atoms with Crippen molar-refractivity contribution in [1.29, 1.82) is 0 Å². The number of nitrogens with one attached hydrogen (secondary N) is 2. The Labute approximate surface area is 106 Å².